The van der Waals surface area contributed by atoms with Crippen molar-refractivity contribution in [2.24, 2.45) is 0 Å². The standard InChI is InChI=1S/C17H26N2O4S/c1-5-23-16-12-13(2)15(11-14(16)3)17(20)18-7-6-8-19(10-9-18)24(4,21)22/h11-12H,5-10H2,1-4H3. The van der Waals surface area contributed by atoms with E-state index in [1.54, 1.807) is 4.90 Å². The third-order valence-electron chi connectivity index (χ3n) is 4.26. The highest BCUT2D eigenvalue weighted by Gasteiger charge is 2.25. The molecule has 1 aliphatic rings. The maximum atomic E-state index is 12.9. The van der Waals surface area contributed by atoms with Crippen molar-refractivity contribution < 1.29 is 17.9 Å². The molecule has 134 valence electrons. The smallest absolute Gasteiger partial charge is 0.254 e. The van der Waals surface area contributed by atoms with Gasteiger partial charge in [-0.05, 0) is 50.5 Å². The van der Waals surface area contributed by atoms with E-state index in [-0.39, 0.29) is 5.91 Å². The van der Waals surface area contributed by atoms with Crippen LogP contribution >= 0.6 is 0 Å². The van der Waals surface area contributed by atoms with Crippen molar-refractivity contribution in [1.82, 2.24) is 9.21 Å². The number of amides is 1. The first-order valence-corrected chi connectivity index (χ1v) is 10.1. The summed E-state index contributed by atoms with van der Waals surface area (Å²) in [5, 5.41) is 0. The molecule has 24 heavy (non-hydrogen) atoms. The van der Waals surface area contributed by atoms with Gasteiger partial charge in [0, 0.05) is 31.7 Å². The number of carbonyl (C=O) groups excluding carboxylic acids is 1. The molecular formula is C17H26N2O4S. The minimum atomic E-state index is -3.21. The summed E-state index contributed by atoms with van der Waals surface area (Å²) < 4.78 is 30.4. The van der Waals surface area contributed by atoms with Crippen LogP contribution in [-0.4, -0.2) is 62.6 Å². The van der Waals surface area contributed by atoms with Crippen LogP contribution in [0.3, 0.4) is 0 Å². The molecule has 2 rings (SSSR count). The van der Waals surface area contributed by atoms with Crippen LogP contribution in [0.2, 0.25) is 0 Å². The maximum absolute atomic E-state index is 12.9. The zero-order chi connectivity index (χ0) is 17.9. The Morgan fingerprint density at radius 3 is 2.46 bits per heavy atom. The Bertz CT molecular complexity index is 716. The van der Waals surface area contributed by atoms with Gasteiger partial charge in [0.05, 0.1) is 12.9 Å². The minimum absolute atomic E-state index is 0.0472. The fourth-order valence-corrected chi connectivity index (χ4v) is 3.80. The monoisotopic (exact) mass is 354 g/mol. The lowest BCUT2D eigenvalue weighted by molar-refractivity contribution is 0.0763. The van der Waals surface area contributed by atoms with E-state index in [2.05, 4.69) is 0 Å². The maximum Gasteiger partial charge on any atom is 0.254 e. The van der Waals surface area contributed by atoms with Gasteiger partial charge in [-0.2, -0.15) is 0 Å². The highest BCUT2D eigenvalue weighted by atomic mass is 32.2. The Morgan fingerprint density at radius 1 is 1.12 bits per heavy atom. The van der Waals surface area contributed by atoms with Gasteiger partial charge in [-0.1, -0.05) is 0 Å². The molecule has 1 heterocycles. The normalized spacial score (nSPS) is 16.8. The van der Waals surface area contributed by atoms with Crippen LogP contribution in [0.5, 0.6) is 5.75 Å². The van der Waals surface area contributed by atoms with Crippen LogP contribution < -0.4 is 4.74 Å². The van der Waals surface area contributed by atoms with E-state index in [9.17, 15) is 13.2 Å². The number of hydrogen-bond acceptors (Lipinski definition) is 4. The summed E-state index contributed by atoms with van der Waals surface area (Å²) in [5.41, 5.74) is 2.46. The molecule has 1 saturated heterocycles. The lowest BCUT2D eigenvalue weighted by atomic mass is 10.0. The first-order valence-electron chi connectivity index (χ1n) is 8.22. The number of hydrogen-bond donors (Lipinski definition) is 0. The molecule has 7 heteroatoms. The van der Waals surface area contributed by atoms with Gasteiger partial charge in [0.1, 0.15) is 5.75 Å². The third-order valence-corrected chi connectivity index (χ3v) is 5.57. The van der Waals surface area contributed by atoms with Crippen LogP contribution in [0.25, 0.3) is 0 Å². The van der Waals surface area contributed by atoms with Crippen molar-refractivity contribution in [2.45, 2.75) is 27.2 Å². The summed E-state index contributed by atoms with van der Waals surface area (Å²) in [4.78, 5) is 14.6. The molecule has 1 aromatic carbocycles. The predicted molar refractivity (Wildman–Crippen MR) is 94.0 cm³/mol. The topological polar surface area (TPSA) is 66.9 Å². The summed E-state index contributed by atoms with van der Waals surface area (Å²) >= 11 is 0. The largest absolute Gasteiger partial charge is 0.494 e. The summed E-state index contributed by atoms with van der Waals surface area (Å²) in [6.45, 7) is 8.13. The molecule has 0 saturated carbocycles. The molecule has 0 unspecified atom stereocenters. The number of rotatable bonds is 4. The SMILES string of the molecule is CCOc1cc(C)c(C(=O)N2CCCN(S(C)(=O)=O)CC2)cc1C. The van der Waals surface area contributed by atoms with Gasteiger partial charge in [-0.15, -0.1) is 0 Å². The molecule has 1 amide bonds. The zero-order valence-corrected chi connectivity index (χ0v) is 15.6. The van der Waals surface area contributed by atoms with Gasteiger partial charge in [0.15, 0.2) is 0 Å². The average Bonchev–Trinajstić information content (AvgIpc) is 2.76. The third kappa shape index (κ3) is 4.27. The summed E-state index contributed by atoms with van der Waals surface area (Å²) in [6, 6.07) is 3.76. The molecule has 1 aliphatic heterocycles. The lowest BCUT2D eigenvalue weighted by Gasteiger charge is -2.22. The Labute approximate surface area is 144 Å². The summed E-state index contributed by atoms with van der Waals surface area (Å²) in [7, 11) is -3.21. The van der Waals surface area contributed by atoms with E-state index in [0.29, 0.717) is 44.8 Å². The fourth-order valence-electron chi connectivity index (χ4n) is 2.93. The van der Waals surface area contributed by atoms with Crippen LogP contribution in [0, 0.1) is 13.8 Å². The quantitative estimate of drug-likeness (QED) is 0.827. The van der Waals surface area contributed by atoms with E-state index < -0.39 is 10.0 Å². The predicted octanol–water partition coefficient (Wildman–Crippen LogP) is 1.81. The number of ether oxygens (including phenoxy) is 1. The van der Waals surface area contributed by atoms with E-state index in [1.807, 2.05) is 32.9 Å². The van der Waals surface area contributed by atoms with Crippen molar-refractivity contribution in [3.63, 3.8) is 0 Å². The Morgan fingerprint density at radius 2 is 1.83 bits per heavy atom. The second-order valence-corrected chi connectivity index (χ2v) is 8.16. The Kier molecular flexibility index (Phi) is 5.87. The van der Waals surface area contributed by atoms with Gasteiger partial charge >= 0.3 is 0 Å². The second kappa shape index (κ2) is 7.53. The van der Waals surface area contributed by atoms with Crippen LogP contribution in [0.1, 0.15) is 34.8 Å². The first kappa shape index (κ1) is 18.7. The molecule has 0 bridgehead atoms. The molecule has 1 aromatic rings. The van der Waals surface area contributed by atoms with Crippen molar-refractivity contribution >= 4 is 15.9 Å². The van der Waals surface area contributed by atoms with Gasteiger partial charge in [-0.25, -0.2) is 12.7 Å². The highest BCUT2D eigenvalue weighted by molar-refractivity contribution is 7.88. The molecule has 0 spiro atoms. The highest BCUT2D eigenvalue weighted by Crippen LogP contribution is 2.24. The van der Waals surface area contributed by atoms with Crippen LogP contribution in [0.4, 0.5) is 0 Å². The molecule has 0 N–H and O–H groups in total. The second-order valence-electron chi connectivity index (χ2n) is 6.17. The zero-order valence-electron chi connectivity index (χ0n) is 14.8. The van der Waals surface area contributed by atoms with Crippen molar-refractivity contribution in [3.05, 3.63) is 28.8 Å². The number of carbonyl (C=O) groups is 1. The summed E-state index contributed by atoms with van der Waals surface area (Å²) in [5.74, 6) is 0.750. The van der Waals surface area contributed by atoms with Gasteiger partial charge in [0.25, 0.3) is 5.91 Å². The molecule has 0 atom stereocenters. The molecule has 0 aliphatic carbocycles. The number of nitrogens with zero attached hydrogens (tertiary/aromatic N) is 2. The molecule has 1 fully saturated rings. The van der Waals surface area contributed by atoms with E-state index in [4.69, 9.17) is 4.74 Å². The summed E-state index contributed by atoms with van der Waals surface area (Å²) in [6.07, 6.45) is 1.86. The fraction of sp³-hybridized carbons (Fsp3) is 0.588. The number of sulfonamides is 1. The van der Waals surface area contributed by atoms with Crippen molar-refractivity contribution in [1.29, 1.82) is 0 Å². The number of aryl methyl sites for hydroxylation is 2. The average molecular weight is 354 g/mol. The Balaban J connectivity index is 2.18. The van der Waals surface area contributed by atoms with Crippen LogP contribution in [-0.2, 0) is 10.0 Å². The molecular weight excluding hydrogens is 328 g/mol. The van der Waals surface area contributed by atoms with Gasteiger partial charge in [0.2, 0.25) is 10.0 Å². The number of benzene rings is 1. The van der Waals surface area contributed by atoms with E-state index in [1.165, 1.54) is 10.6 Å². The van der Waals surface area contributed by atoms with Gasteiger partial charge in [-0.3, -0.25) is 4.79 Å². The molecule has 0 radical (unpaired) electrons. The van der Waals surface area contributed by atoms with Gasteiger partial charge < -0.3 is 9.64 Å². The lowest BCUT2D eigenvalue weighted by Crippen LogP contribution is -2.37. The molecule has 0 aromatic heterocycles. The van der Waals surface area contributed by atoms with E-state index >= 15 is 0 Å². The minimum Gasteiger partial charge on any atom is -0.494 e. The van der Waals surface area contributed by atoms with Crippen LogP contribution in [0.15, 0.2) is 12.1 Å². The van der Waals surface area contributed by atoms with E-state index in [0.717, 1.165) is 16.9 Å². The first-order chi connectivity index (χ1) is 11.2. The Hall–Kier alpha value is -1.60. The molecule has 6 nitrogen and oxygen atoms in total. The van der Waals surface area contributed by atoms with Crippen molar-refractivity contribution in [2.75, 3.05) is 39.0 Å². The van der Waals surface area contributed by atoms with Crippen molar-refractivity contribution in [3.8, 4) is 5.75 Å².